The molecule has 0 aromatic heterocycles. The van der Waals surface area contributed by atoms with Crippen LogP contribution in [-0.2, 0) is 0 Å². The van der Waals surface area contributed by atoms with Crippen LogP contribution in [0.2, 0.25) is 0 Å². The average Bonchev–Trinajstić information content (AvgIpc) is 2.18. The van der Waals surface area contributed by atoms with Crippen LogP contribution in [0.1, 0.15) is 20.3 Å². The highest BCUT2D eigenvalue weighted by Gasteiger charge is 2.32. The van der Waals surface area contributed by atoms with E-state index in [4.69, 9.17) is 0 Å². The van der Waals surface area contributed by atoms with Crippen molar-refractivity contribution < 1.29 is 15.3 Å². The minimum Gasteiger partial charge on any atom is -0.388 e. The zero-order valence-corrected chi connectivity index (χ0v) is 10.5. The van der Waals surface area contributed by atoms with Crippen LogP contribution in [0.25, 0.3) is 0 Å². The average molecular weight is 252 g/mol. The molecule has 0 spiro atoms. The third kappa shape index (κ3) is 4.39. The number of aliphatic hydroxyl groups excluding tert-OH is 3. The Labute approximate surface area is 103 Å². The van der Waals surface area contributed by atoms with Crippen molar-refractivity contribution in [3.8, 4) is 0 Å². The first kappa shape index (κ1) is 15.9. The van der Waals surface area contributed by atoms with Crippen LogP contribution in [0.15, 0.2) is 12.2 Å². The maximum Gasteiger partial charge on any atom is 0.111 e. The molecule has 1 aliphatic carbocycles. The smallest absolute Gasteiger partial charge is 0.111 e. The number of nitrogens with one attached hydrogen (secondary N) is 1. The summed E-state index contributed by atoms with van der Waals surface area (Å²) in [5.74, 6) is 0.609. The Hall–Kier alpha value is -0.130. The quantitative estimate of drug-likeness (QED) is 0.534. The number of halogens is 1. The maximum atomic E-state index is 9.65. The van der Waals surface area contributed by atoms with E-state index in [1.54, 1.807) is 6.08 Å². The lowest BCUT2D eigenvalue weighted by molar-refractivity contribution is -0.0565. The monoisotopic (exact) mass is 251 g/mol. The second-order valence-corrected chi connectivity index (χ2v) is 4.52. The van der Waals surface area contributed by atoms with Crippen LogP contribution in [0, 0.1) is 5.92 Å². The molecule has 0 amide bonds. The first-order chi connectivity index (χ1) is 7.02. The molecule has 1 rings (SSSR count). The van der Waals surface area contributed by atoms with Crippen molar-refractivity contribution in [3.05, 3.63) is 12.2 Å². The molecule has 0 aliphatic heterocycles. The molecule has 5 heteroatoms. The standard InChI is InChI=1S/C11H21NO3.ClH/c1-7(2)5-6-12-8-3-4-9(13)11(15)10(8)14;/h3-4,7-15H,5-6H2,1-2H3;1H/t8-,9+,10+,11+;/m1./s1. The van der Waals surface area contributed by atoms with Gasteiger partial charge in [-0.05, 0) is 18.9 Å². The molecule has 0 aromatic rings. The third-order valence-corrected chi connectivity index (χ3v) is 2.69. The number of aliphatic hydroxyl groups is 3. The van der Waals surface area contributed by atoms with Gasteiger partial charge in [-0.15, -0.1) is 12.4 Å². The Bertz CT molecular complexity index is 223. The Balaban J connectivity index is 0.00000225. The van der Waals surface area contributed by atoms with Gasteiger partial charge in [0.1, 0.15) is 18.3 Å². The predicted molar refractivity (Wildman–Crippen MR) is 65.7 cm³/mol. The van der Waals surface area contributed by atoms with Crippen molar-refractivity contribution in [1.82, 2.24) is 5.32 Å². The lowest BCUT2D eigenvalue weighted by atomic mass is 9.94. The zero-order chi connectivity index (χ0) is 11.4. The van der Waals surface area contributed by atoms with E-state index >= 15 is 0 Å². The Morgan fingerprint density at radius 3 is 2.31 bits per heavy atom. The highest BCUT2D eigenvalue weighted by Crippen LogP contribution is 2.13. The summed E-state index contributed by atoms with van der Waals surface area (Å²) in [7, 11) is 0. The molecule has 1 aliphatic rings. The van der Waals surface area contributed by atoms with Gasteiger partial charge in [0.05, 0.1) is 6.04 Å². The van der Waals surface area contributed by atoms with Gasteiger partial charge in [0, 0.05) is 0 Å². The Morgan fingerprint density at radius 1 is 1.12 bits per heavy atom. The molecule has 4 atom stereocenters. The van der Waals surface area contributed by atoms with Crippen LogP contribution >= 0.6 is 12.4 Å². The summed E-state index contributed by atoms with van der Waals surface area (Å²) in [6.07, 6.45) is 1.27. The molecule has 0 unspecified atom stereocenters. The topological polar surface area (TPSA) is 72.7 Å². The third-order valence-electron chi connectivity index (χ3n) is 2.69. The van der Waals surface area contributed by atoms with E-state index in [2.05, 4.69) is 19.2 Å². The molecule has 0 fully saturated rings. The maximum absolute atomic E-state index is 9.65. The number of hydrogen-bond donors (Lipinski definition) is 4. The fourth-order valence-electron chi connectivity index (χ4n) is 1.60. The van der Waals surface area contributed by atoms with Crippen molar-refractivity contribution in [2.24, 2.45) is 5.92 Å². The largest absolute Gasteiger partial charge is 0.388 e. The molecule has 0 saturated carbocycles. The van der Waals surface area contributed by atoms with E-state index in [0.717, 1.165) is 13.0 Å². The molecule has 0 aromatic carbocycles. The zero-order valence-electron chi connectivity index (χ0n) is 9.71. The summed E-state index contributed by atoms with van der Waals surface area (Å²) < 4.78 is 0. The second kappa shape index (κ2) is 7.25. The Kier molecular flexibility index (Phi) is 7.19. The van der Waals surface area contributed by atoms with E-state index < -0.39 is 18.3 Å². The van der Waals surface area contributed by atoms with E-state index in [1.807, 2.05) is 0 Å². The van der Waals surface area contributed by atoms with Crippen LogP contribution in [-0.4, -0.2) is 46.2 Å². The molecular weight excluding hydrogens is 230 g/mol. The van der Waals surface area contributed by atoms with Gasteiger partial charge in [-0.2, -0.15) is 0 Å². The molecule has 0 bridgehead atoms. The lowest BCUT2D eigenvalue weighted by Gasteiger charge is -2.31. The van der Waals surface area contributed by atoms with Crippen LogP contribution in [0.4, 0.5) is 0 Å². The minimum atomic E-state index is -1.09. The minimum absolute atomic E-state index is 0. The van der Waals surface area contributed by atoms with Gasteiger partial charge in [0.2, 0.25) is 0 Å². The fraction of sp³-hybridized carbons (Fsp3) is 0.818. The molecule has 96 valence electrons. The van der Waals surface area contributed by atoms with Crippen molar-refractivity contribution in [3.63, 3.8) is 0 Å². The normalized spacial score (nSPS) is 33.9. The van der Waals surface area contributed by atoms with Gasteiger partial charge in [0.15, 0.2) is 0 Å². The van der Waals surface area contributed by atoms with E-state index in [-0.39, 0.29) is 18.4 Å². The van der Waals surface area contributed by atoms with Crippen molar-refractivity contribution in [2.75, 3.05) is 6.54 Å². The number of hydrogen-bond acceptors (Lipinski definition) is 4. The molecule has 0 radical (unpaired) electrons. The summed E-state index contributed by atoms with van der Waals surface area (Å²) in [5.41, 5.74) is 0. The molecule has 0 heterocycles. The Morgan fingerprint density at radius 2 is 1.75 bits per heavy atom. The first-order valence-electron chi connectivity index (χ1n) is 5.48. The molecule has 4 N–H and O–H groups in total. The van der Waals surface area contributed by atoms with Crippen molar-refractivity contribution >= 4 is 12.4 Å². The van der Waals surface area contributed by atoms with Gasteiger partial charge < -0.3 is 20.6 Å². The van der Waals surface area contributed by atoms with Crippen LogP contribution < -0.4 is 5.32 Å². The van der Waals surface area contributed by atoms with Gasteiger partial charge in [0.25, 0.3) is 0 Å². The van der Waals surface area contributed by atoms with Crippen molar-refractivity contribution in [1.29, 1.82) is 0 Å². The molecule has 16 heavy (non-hydrogen) atoms. The summed E-state index contributed by atoms with van der Waals surface area (Å²) in [4.78, 5) is 0. The second-order valence-electron chi connectivity index (χ2n) is 4.52. The van der Waals surface area contributed by atoms with E-state index in [9.17, 15) is 15.3 Å². The first-order valence-corrected chi connectivity index (χ1v) is 5.48. The van der Waals surface area contributed by atoms with E-state index in [0.29, 0.717) is 5.92 Å². The molecular formula is C11H22ClNO3. The van der Waals surface area contributed by atoms with Gasteiger partial charge in [-0.1, -0.05) is 26.0 Å². The summed E-state index contributed by atoms with van der Waals surface area (Å²) in [5, 5.41) is 31.5. The van der Waals surface area contributed by atoms with Gasteiger partial charge in [-0.3, -0.25) is 0 Å². The summed E-state index contributed by atoms with van der Waals surface area (Å²) in [6, 6.07) is -0.262. The summed E-state index contributed by atoms with van der Waals surface area (Å²) in [6.45, 7) is 5.06. The highest BCUT2D eigenvalue weighted by molar-refractivity contribution is 5.85. The van der Waals surface area contributed by atoms with Crippen molar-refractivity contribution in [2.45, 2.75) is 44.6 Å². The highest BCUT2D eigenvalue weighted by atomic mass is 35.5. The van der Waals surface area contributed by atoms with E-state index in [1.165, 1.54) is 6.08 Å². The van der Waals surface area contributed by atoms with Gasteiger partial charge >= 0.3 is 0 Å². The number of rotatable bonds is 4. The SMILES string of the molecule is CC(C)CCN[C@@H]1C=C[C@H](O)[C@H](O)[C@H]1O.Cl. The lowest BCUT2D eigenvalue weighted by Crippen LogP contribution is -2.52. The molecule has 0 saturated heterocycles. The summed E-state index contributed by atoms with van der Waals surface area (Å²) >= 11 is 0. The van der Waals surface area contributed by atoms with Gasteiger partial charge in [-0.25, -0.2) is 0 Å². The predicted octanol–water partition coefficient (Wildman–Crippen LogP) is 0.0650. The van der Waals surface area contributed by atoms with Crippen LogP contribution in [0.5, 0.6) is 0 Å². The fourth-order valence-corrected chi connectivity index (χ4v) is 1.60. The molecule has 4 nitrogen and oxygen atoms in total. The van der Waals surface area contributed by atoms with Crippen LogP contribution in [0.3, 0.4) is 0 Å².